The molecular formula is C19H22N8. The molecule has 0 bridgehead atoms. The molecule has 4 heterocycles. The quantitative estimate of drug-likeness (QED) is 0.543. The lowest BCUT2D eigenvalue weighted by atomic mass is 10.2. The Labute approximate surface area is 157 Å². The van der Waals surface area contributed by atoms with Crippen LogP contribution >= 0.6 is 0 Å². The van der Waals surface area contributed by atoms with Crippen molar-refractivity contribution in [1.82, 2.24) is 34.3 Å². The third-order valence-corrected chi connectivity index (χ3v) is 4.64. The number of anilines is 1. The van der Waals surface area contributed by atoms with Crippen molar-refractivity contribution in [3.05, 3.63) is 48.4 Å². The van der Waals surface area contributed by atoms with E-state index in [9.17, 15) is 0 Å². The first-order chi connectivity index (χ1) is 13.1. The highest BCUT2D eigenvalue weighted by Gasteiger charge is 2.19. The molecule has 0 radical (unpaired) electrons. The van der Waals surface area contributed by atoms with Gasteiger partial charge in [0.25, 0.3) is 0 Å². The standard InChI is InChI=1S/C19H22N8/c1-5-27-10-9-21-15(27)12-25(3)18-16-13(2)24-26(4)19(16)23-17(22-18)14-7-6-8-20-11-14/h6-11H,5,12H2,1-4H3. The maximum Gasteiger partial charge on any atom is 0.165 e. The van der Waals surface area contributed by atoms with E-state index < -0.39 is 0 Å². The molecule has 0 saturated carbocycles. The highest BCUT2D eigenvalue weighted by molar-refractivity contribution is 5.91. The number of hydrogen-bond acceptors (Lipinski definition) is 6. The number of pyridine rings is 1. The summed E-state index contributed by atoms with van der Waals surface area (Å²) in [7, 11) is 3.93. The molecule has 0 fully saturated rings. The van der Waals surface area contributed by atoms with Gasteiger partial charge in [-0.3, -0.25) is 9.67 Å². The van der Waals surface area contributed by atoms with Gasteiger partial charge in [0.05, 0.1) is 17.6 Å². The number of aryl methyl sites for hydroxylation is 3. The predicted molar refractivity (Wildman–Crippen MR) is 104 cm³/mol. The Hall–Kier alpha value is -3.29. The number of rotatable bonds is 5. The molecular weight excluding hydrogens is 340 g/mol. The van der Waals surface area contributed by atoms with Crippen molar-refractivity contribution in [3.63, 3.8) is 0 Å². The Morgan fingerprint density at radius 1 is 1.19 bits per heavy atom. The largest absolute Gasteiger partial charge is 0.351 e. The molecule has 8 heteroatoms. The average Bonchev–Trinajstić information content (AvgIpc) is 3.25. The zero-order valence-corrected chi connectivity index (χ0v) is 16.0. The van der Waals surface area contributed by atoms with Crippen LogP contribution in [0.1, 0.15) is 18.4 Å². The highest BCUT2D eigenvalue weighted by atomic mass is 15.3. The highest BCUT2D eigenvalue weighted by Crippen LogP contribution is 2.29. The first kappa shape index (κ1) is 17.1. The molecule has 4 aromatic heterocycles. The zero-order valence-electron chi connectivity index (χ0n) is 16.0. The van der Waals surface area contributed by atoms with Gasteiger partial charge >= 0.3 is 0 Å². The summed E-state index contributed by atoms with van der Waals surface area (Å²) in [5, 5.41) is 5.51. The molecule has 0 amide bonds. The molecule has 8 nitrogen and oxygen atoms in total. The van der Waals surface area contributed by atoms with Crippen molar-refractivity contribution in [3.8, 4) is 11.4 Å². The van der Waals surface area contributed by atoms with Crippen LogP contribution in [0.25, 0.3) is 22.4 Å². The number of nitrogens with zero attached hydrogens (tertiary/aromatic N) is 8. The fourth-order valence-electron chi connectivity index (χ4n) is 3.28. The molecule has 0 atom stereocenters. The minimum absolute atomic E-state index is 0.638. The minimum atomic E-state index is 0.638. The van der Waals surface area contributed by atoms with E-state index in [4.69, 9.17) is 9.97 Å². The number of aromatic nitrogens is 7. The van der Waals surface area contributed by atoms with Crippen LogP contribution in [0, 0.1) is 6.92 Å². The van der Waals surface area contributed by atoms with E-state index in [-0.39, 0.29) is 0 Å². The first-order valence-electron chi connectivity index (χ1n) is 8.91. The maximum absolute atomic E-state index is 4.87. The number of imidazole rings is 1. The van der Waals surface area contributed by atoms with E-state index in [1.54, 1.807) is 17.1 Å². The number of fused-ring (bicyclic) bond motifs is 1. The van der Waals surface area contributed by atoms with Gasteiger partial charge < -0.3 is 9.47 Å². The molecule has 0 saturated heterocycles. The van der Waals surface area contributed by atoms with Gasteiger partial charge in [-0.15, -0.1) is 0 Å². The first-order valence-corrected chi connectivity index (χ1v) is 8.91. The summed E-state index contributed by atoms with van der Waals surface area (Å²) < 4.78 is 3.93. The summed E-state index contributed by atoms with van der Waals surface area (Å²) in [4.78, 5) is 20.4. The lowest BCUT2D eigenvalue weighted by Crippen LogP contribution is -2.21. The van der Waals surface area contributed by atoms with E-state index >= 15 is 0 Å². The SMILES string of the molecule is CCn1ccnc1CN(C)c1nc(-c2cccnc2)nc2c1c(C)nn2C. The van der Waals surface area contributed by atoms with E-state index in [1.807, 2.05) is 45.5 Å². The Morgan fingerprint density at radius 3 is 2.78 bits per heavy atom. The molecule has 4 aromatic rings. The molecule has 27 heavy (non-hydrogen) atoms. The summed E-state index contributed by atoms with van der Waals surface area (Å²) in [5.74, 6) is 2.48. The smallest absolute Gasteiger partial charge is 0.165 e. The van der Waals surface area contributed by atoms with Gasteiger partial charge in [-0.2, -0.15) is 5.10 Å². The second kappa shape index (κ2) is 6.79. The Bertz CT molecular complexity index is 1080. The third kappa shape index (κ3) is 3.03. The average molecular weight is 362 g/mol. The molecule has 0 aromatic carbocycles. The predicted octanol–water partition coefficient (Wildman–Crippen LogP) is 2.59. The fourth-order valence-corrected chi connectivity index (χ4v) is 3.28. The van der Waals surface area contributed by atoms with Gasteiger partial charge in [0.1, 0.15) is 11.6 Å². The van der Waals surface area contributed by atoms with Crippen LogP contribution in [0.15, 0.2) is 36.9 Å². The van der Waals surface area contributed by atoms with Crippen LogP contribution in [0.2, 0.25) is 0 Å². The van der Waals surface area contributed by atoms with E-state index in [2.05, 4.69) is 31.5 Å². The van der Waals surface area contributed by atoms with Crippen LogP contribution in [-0.4, -0.2) is 41.3 Å². The van der Waals surface area contributed by atoms with Crippen LogP contribution in [0.5, 0.6) is 0 Å². The summed E-state index contributed by atoms with van der Waals surface area (Å²) in [5.41, 5.74) is 2.59. The molecule has 0 N–H and O–H groups in total. The van der Waals surface area contributed by atoms with Gasteiger partial charge in [0, 0.05) is 51.0 Å². The molecule has 138 valence electrons. The second-order valence-electron chi connectivity index (χ2n) is 6.51. The molecule has 0 aliphatic carbocycles. The topological polar surface area (TPSA) is 77.6 Å². The maximum atomic E-state index is 4.87. The molecule has 0 spiro atoms. The van der Waals surface area contributed by atoms with Crippen LogP contribution in [-0.2, 0) is 20.1 Å². The zero-order chi connectivity index (χ0) is 19.0. The van der Waals surface area contributed by atoms with Crippen LogP contribution in [0.4, 0.5) is 5.82 Å². The molecule has 0 aliphatic heterocycles. The summed E-state index contributed by atoms with van der Waals surface area (Å²) in [6, 6.07) is 3.85. The summed E-state index contributed by atoms with van der Waals surface area (Å²) >= 11 is 0. The Kier molecular flexibility index (Phi) is 4.31. The Balaban J connectivity index is 1.85. The van der Waals surface area contributed by atoms with Gasteiger partial charge in [-0.25, -0.2) is 15.0 Å². The minimum Gasteiger partial charge on any atom is -0.351 e. The van der Waals surface area contributed by atoms with Crippen molar-refractivity contribution in [2.75, 3.05) is 11.9 Å². The van der Waals surface area contributed by atoms with Gasteiger partial charge in [0.15, 0.2) is 11.5 Å². The van der Waals surface area contributed by atoms with Gasteiger partial charge in [0.2, 0.25) is 0 Å². The molecule has 0 aliphatic rings. The van der Waals surface area contributed by atoms with Crippen molar-refractivity contribution >= 4 is 16.9 Å². The Morgan fingerprint density at radius 2 is 2.04 bits per heavy atom. The van der Waals surface area contributed by atoms with Crippen LogP contribution < -0.4 is 4.90 Å². The third-order valence-electron chi connectivity index (χ3n) is 4.64. The lowest BCUT2D eigenvalue weighted by Gasteiger charge is -2.20. The van der Waals surface area contributed by atoms with Crippen molar-refractivity contribution in [2.45, 2.75) is 26.9 Å². The summed E-state index contributed by atoms with van der Waals surface area (Å²) in [6.45, 7) is 5.63. The van der Waals surface area contributed by atoms with Crippen LogP contribution in [0.3, 0.4) is 0 Å². The second-order valence-corrected chi connectivity index (χ2v) is 6.51. The van der Waals surface area contributed by atoms with E-state index in [0.717, 1.165) is 40.5 Å². The van der Waals surface area contributed by atoms with Gasteiger partial charge in [-0.05, 0) is 26.0 Å². The van der Waals surface area contributed by atoms with Crippen molar-refractivity contribution < 1.29 is 0 Å². The van der Waals surface area contributed by atoms with Crippen molar-refractivity contribution in [2.24, 2.45) is 7.05 Å². The number of hydrogen-bond donors (Lipinski definition) is 0. The van der Waals surface area contributed by atoms with E-state index in [1.165, 1.54) is 0 Å². The molecule has 4 rings (SSSR count). The summed E-state index contributed by atoms with van der Waals surface area (Å²) in [6.07, 6.45) is 7.35. The molecule has 0 unspecified atom stereocenters. The monoisotopic (exact) mass is 362 g/mol. The lowest BCUT2D eigenvalue weighted by molar-refractivity contribution is 0.683. The van der Waals surface area contributed by atoms with Crippen molar-refractivity contribution in [1.29, 1.82) is 0 Å². The normalized spacial score (nSPS) is 11.3. The fraction of sp³-hybridized carbons (Fsp3) is 0.316. The van der Waals surface area contributed by atoms with E-state index in [0.29, 0.717) is 12.4 Å². The van der Waals surface area contributed by atoms with Gasteiger partial charge in [-0.1, -0.05) is 0 Å².